The summed E-state index contributed by atoms with van der Waals surface area (Å²) < 4.78 is 14.2. The minimum atomic E-state index is -0.287. The molecule has 0 spiro atoms. The zero-order valence-corrected chi connectivity index (χ0v) is 16.6. The van der Waals surface area contributed by atoms with E-state index in [2.05, 4.69) is 19.1 Å². The van der Waals surface area contributed by atoms with E-state index in [4.69, 9.17) is 11.6 Å². The molecule has 2 unspecified atom stereocenters. The lowest BCUT2D eigenvalue weighted by Gasteiger charge is -2.42. The molecule has 2 aliphatic rings. The summed E-state index contributed by atoms with van der Waals surface area (Å²) in [5, 5.41) is 1.84. The summed E-state index contributed by atoms with van der Waals surface area (Å²) in [5.41, 5.74) is 1.39. The highest BCUT2D eigenvalue weighted by Crippen LogP contribution is 2.48. The van der Waals surface area contributed by atoms with Gasteiger partial charge in [-0.2, -0.15) is 0 Å². The number of halogens is 2. The lowest BCUT2D eigenvalue weighted by Crippen LogP contribution is -2.30. The van der Waals surface area contributed by atoms with Gasteiger partial charge in [-0.1, -0.05) is 68.5 Å². The molecule has 0 bridgehead atoms. The van der Waals surface area contributed by atoms with E-state index in [1.807, 2.05) is 12.1 Å². The summed E-state index contributed by atoms with van der Waals surface area (Å²) in [4.78, 5) is 0. The van der Waals surface area contributed by atoms with Gasteiger partial charge >= 0.3 is 0 Å². The van der Waals surface area contributed by atoms with Crippen molar-refractivity contribution in [3.8, 4) is 0 Å². The molecule has 0 radical (unpaired) electrons. The molecule has 2 fully saturated rings. The summed E-state index contributed by atoms with van der Waals surface area (Å²) in [6.45, 7) is 2.31. The summed E-state index contributed by atoms with van der Waals surface area (Å²) in [6.07, 6.45) is 12.5. The van der Waals surface area contributed by atoms with Crippen molar-refractivity contribution >= 4 is 22.4 Å². The van der Waals surface area contributed by atoms with E-state index < -0.39 is 0 Å². The maximum atomic E-state index is 14.2. The Balaban J connectivity index is 1.46. The predicted molar refractivity (Wildman–Crippen MR) is 109 cm³/mol. The fraction of sp³-hybridized carbons (Fsp3) is 0.583. The van der Waals surface area contributed by atoms with E-state index in [-0.39, 0.29) is 10.8 Å². The molecule has 0 saturated heterocycles. The Morgan fingerprint density at radius 1 is 1.00 bits per heavy atom. The second-order valence-corrected chi connectivity index (χ2v) is 9.10. The first kappa shape index (κ1) is 18.3. The first-order valence-electron chi connectivity index (χ1n) is 10.5. The van der Waals surface area contributed by atoms with Gasteiger partial charge in [0.2, 0.25) is 0 Å². The van der Waals surface area contributed by atoms with Crippen molar-refractivity contribution in [1.29, 1.82) is 0 Å². The fourth-order valence-electron chi connectivity index (χ4n) is 5.58. The molecule has 0 aliphatic heterocycles. The number of hydrogen-bond acceptors (Lipinski definition) is 0. The Bertz CT molecular complexity index is 768. The molecule has 0 amide bonds. The molecule has 0 nitrogen and oxygen atoms in total. The first-order chi connectivity index (χ1) is 12.7. The van der Waals surface area contributed by atoms with Gasteiger partial charge in [-0.15, -0.1) is 0 Å². The number of unbranched alkanes of at least 4 members (excludes halogenated alkanes) is 1. The van der Waals surface area contributed by atoms with Gasteiger partial charge in [0.25, 0.3) is 0 Å². The van der Waals surface area contributed by atoms with Crippen molar-refractivity contribution in [1.82, 2.24) is 0 Å². The van der Waals surface area contributed by atoms with Crippen molar-refractivity contribution in [2.75, 3.05) is 0 Å². The molecule has 4 atom stereocenters. The average molecular weight is 373 g/mol. The molecule has 4 rings (SSSR count). The Labute approximate surface area is 162 Å². The molecule has 26 heavy (non-hydrogen) atoms. The van der Waals surface area contributed by atoms with Crippen LogP contribution in [0.25, 0.3) is 10.8 Å². The van der Waals surface area contributed by atoms with Gasteiger partial charge in [0.1, 0.15) is 5.82 Å². The van der Waals surface area contributed by atoms with Crippen LogP contribution in [0.1, 0.15) is 76.2 Å². The predicted octanol–water partition coefficient (Wildman–Crippen LogP) is 8.12. The Morgan fingerprint density at radius 2 is 1.81 bits per heavy atom. The van der Waals surface area contributed by atoms with E-state index in [0.29, 0.717) is 11.3 Å². The van der Waals surface area contributed by atoms with Crippen LogP contribution in [-0.2, 0) is 0 Å². The Kier molecular flexibility index (Phi) is 5.55. The van der Waals surface area contributed by atoms with Gasteiger partial charge in [0.05, 0.1) is 5.02 Å². The first-order valence-corrected chi connectivity index (χ1v) is 10.9. The van der Waals surface area contributed by atoms with Crippen LogP contribution in [-0.4, -0.2) is 0 Å². The summed E-state index contributed by atoms with van der Waals surface area (Å²) in [5.74, 6) is 3.21. The molecule has 2 aromatic carbocycles. The van der Waals surface area contributed by atoms with Crippen molar-refractivity contribution in [2.45, 2.75) is 70.6 Å². The monoisotopic (exact) mass is 372 g/mol. The second-order valence-electron chi connectivity index (χ2n) is 8.69. The van der Waals surface area contributed by atoms with Gasteiger partial charge in [-0.25, -0.2) is 4.39 Å². The largest absolute Gasteiger partial charge is 0.205 e. The maximum absolute atomic E-state index is 14.2. The van der Waals surface area contributed by atoms with Crippen molar-refractivity contribution in [3.63, 3.8) is 0 Å². The van der Waals surface area contributed by atoms with Crippen LogP contribution in [0.3, 0.4) is 0 Å². The van der Waals surface area contributed by atoms with Gasteiger partial charge in [0, 0.05) is 5.39 Å². The number of fused-ring (bicyclic) bond motifs is 2. The van der Waals surface area contributed by atoms with Crippen LogP contribution >= 0.6 is 11.6 Å². The fourth-order valence-corrected chi connectivity index (χ4v) is 5.75. The SMILES string of the molecule is CCCC[C@@H]1CC[C@@H]2CC(c3ccc4c(F)c(Cl)ccc4c3)CCC2C1. The summed E-state index contributed by atoms with van der Waals surface area (Å²) >= 11 is 5.92. The van der Waals surface area contributed by atoms with E-state index in [9.17, 15) is 4.39 Å². The smallest absolute Gasteiger partial charge is 0.149 e. The van der Waals surface area contributed by atoms with Crippen LogP contribution in [0.15, 0.2) is 30.3 Å². The highest BCUT2D eigenvalue weighted by atomic mass is 35.5. The van der Waals surface area contributed by atoms with E-state index in [1.54, 1.807) is 6.07 Å². The van der Waals surface area contributed by atoms with E-state index >= 15 is 0 Å². The zero-order chi connectivity index (χ0) is 18.1. The van der Waals surface area contributed by atoms with Gasteiger partial charge in [-0.3, -0.25) is 0 Å². The molecule has 2 aliphatic carbocycles. The van der Waals surface area contributed by atoms with Crippen LogP contribution in [0, 0.1) is 23.6 Å². The minimum absolute atomic E-state index is 0.214. The van der Waals surface area contributed by atoms with Gasteiger partial charge in [-0.05, 0) is 72.8 Å². The molecule has 0 heterocycles. The number of benzene rings is 2. The number of hydrogen-bond donors (Lipinski definition) is 0. The highest BCUT2D eigenvalue weighted by Gasteiger charge is 2.35. The third-order valence-corrected chi connectivity index (χ3v) is 7.38. The lowest BCUT2D eigenvalue weighted by atomic mass is 9.63. The average Bonchev–Trinajstić information content (AvgIpc) is 2.68. The minimum Gasteiger partial charge on any atom is -0.205 e. The lowest BCUT2D eigenvalue weighted by molar-refractivity contribution is 0.113. The molecular weight excluding hydrogens is 343 g/mol. The summed E-state index contributed by atoms with van der Waals surface area (Å²) in [7, 11) is 0. The molecule has 2 aromatic rings. The molecule has 140 valence electrons. The standard InChI is InChI=1S/C24H30ClF/c1-2-3-4-16-5-6-18-14-19(8-7-17(18)13-16)20-9-11-22-21(15-20)10-12-23(25)24(22)26/h9-12,15-19H,2-8,13-14H2,1H3/t16-,17?,18-,19?/m1/s1. The van der Waals surface area contributed by atoms with Crippen LogP contribution < -0.4 is 0 Å². The van der Waals surface area contributed by atoms with Crippen LogP contribution in [0.4, 0.5) is 4.39 Å². The second kappa shape index (κ2) is 7.89. The van der Waals surface area contributed by atoms with E-state index in [1.165, 1.54) is 63.4 Å². The topological polar surface area (TPSA) is 0 Å². The zero-order valence-electron chi connectivity index (χ0n) is 15.8. The molecule has 2 saturated carbocycles. The molecule has 0 N–H and O–H groups in total. The number of rotatable bonds is 4. The Hall–Kier alpha value is -1.08. The third kappa shape index (κ3) is 3.65. The van der Waals surface area contributed by atoms with Crippen LogP contribution in [0.2, 0.25) is 5.02 Å². The van der Waals surface area contributed by atoms with Crippen LogP contribution in [0.5, 0.6) is 0 Å². The maximum Gasteiger partial charge on any atom is 0.149 e. The van der Waals surface area contributed by atoms with Crippen molar-refractivity contribution < 1.29 is 4.39 Å². The van der Waals surface area contributed by atoms with Gasteiger partial charge < -0.3 is 0 Å². The van der Waals surface area contributed by atoms with E-state index in [0.717, 1.165) is 23.1 Å². The highest BCUT2D eigenvalue weighted by molar-refractivity contribution is 6.31. The third-order valence-electron chi connectivity index (χ3n) is 7.09. The van der Waals surface area contributed by atoms with Crippen molar-refractivity contribution in [2.24, 2.45) is 17.8 Å². The molecular formula is C24H30ClF. The molecule has 0 aromatic heterocycles. The summed E-state index contributed by atoms with van der Waals surface area (Å²) in [6, 6.07) is 9.90. The quantitative estimate of drug-likeness (QED) is 0.508. The van der Waals surface area contributed by atoms with Crippen molar-refractivity contribution in [3.05, 3.63) is 46.7 Å². The Morgan fingerprint density at radius 3 is 2.65 bits per heavy atom. The molecule has 2 heteroatoms. The normalized spacial score (nSPS) is 28.9. The van der Waals surface area contributed by atoms with Gasteiger partial charge in [0.15, 0.2) is 0 Å².